The van der Waals surface area contributed by atoms with Gasteiger partial charge in [-0.2, -0.15) is 0 Å². The summed E-state index contributed by atoms with van der Waals surface area (Å²) in [5, 5.41) is 3.29. The van der Waals surface area contributed by atoms with Crippen LogP contribution in [0.4, 0.5) is 0 Å². The van der Waals surface area contributed by atoms with Crippen LogP contribution in [0, 0.1) is 0 Å². The van der Waals surface area contributed by atoms with E-state index >= 15 is 0 Å². The van der Waals surface area contributed by atoms with E-state index in [2.05, 4.69) is 17.0 Å². The molecule has 1 aromatic heterocycles. The first-order valence-electron chi connectivity index (χ1n) is 7.43. The number of sulfonamides is 1. The monoisotopic (exact) mass is 316 g/mol. The minimum absolute atomic E-state index is 0.123. The van der Waals surface area contributed by atoms with Crippen LogP contribution in [-0.4, -0.2) is 21.0 Å². The number of hydrogen-bond acceptors (Lipinski definition) is 4. The molecule has 6 heteroatoms. The average Bonchev–Trinajstić information content (AvgIpc) is 2.89. The topological polar surface area (TPSA) is 58.2 Å². The van der Waals surface area contributed by atoms with Gasteiger partial charge in [0.05, 0.1) is 0 Å². The van der Waals surface area contributed by atoms with Crippen LogP contribution in [0.5, 0.6) is 0 Å². The van der Waals surface area contributed by atoms with Gasteiger partial charge in [-0.05, 0) is 37.9 Å². The summed E-state index contributed by atoms with van der Waals surface area (Å²) >= 11 is 1.37. The molecular weight excluding hydrogens is 292 g/mol. The van der Waals surface area contributed by atoms with E-state index < -0.39 is 10.0 Å². The van der Waals surface area contributed by atoms with Crippen molar-refractivity contribution in [2.75, 3.05) is 6.54 Å². The van der Waals surface area contributed by atoms with Crippen LogP contribution in [0.15, 0.2) is 16.3 Å². The standard InChI is InChI=1S/C14H24N2O2S2/c1-2-10-15-11-13-8-9-14(19-13)20(17,18)16-12-6-4-3-5-7-12/h8-9,12,15-16H,2-7,10-11H2,1H3. The summed E-state index contributed by atoms with van der Waals surface area (Å²) in [7, 11) is -3.33. The zero-order chi connectivity index (χ0) is 14.4. The molecule has 2 N–H and O–H groups in total. The molecule has 0 radical (unpaired) electrons. The maximum Gasteiger partial charge on any atom is 0.250 e. The molecule has 0 bridgehead atoms. The Hall–Kier alpha value is -0.430. The summed E-state index contributed by atoms with van der Waals surface area (Å²) in [4.78, 5) is 1.07. The molecule has 2 rings (SSSR count). The lowest BCUT2D eigenvalue weighted by Gasteiger charge is -2.22. The highest BCUT2D eigenvalue weighted by Crippen LogP contribution is 2.24. The van der Waals surface area contributed by atoms with Crippen molar-refractivity contribution in [3.8, 4) is 0 Å². The molecule has 114 valence electrons. The van der Waals surface area contributed by atoms with Crippen molar-refractivity contribution in [2.45, 2.75) is 62.2 Å². The van der Waals surface area contributed by atoms with Crippen molar-refractivity contribution in [1.29, 1.82) is 0 Å². The van der Waals surface area contributed by atoms with Gasteiger partial charge < -0.3 is 5.32 Å². The summed E-state index contributed by atoms with van der Waals surface area (Å²) in [6, 6.07) is 3.75. The second-order valence-corrected chi connectivity index (χ2v) is 8.46. The van der Waals surface area contributed by atoms with Gasteiger partial charge in [-0.3, -0.25) is 0 Å². The Balaban J connectivity index is 1.94. The van der Waals surface area contributed by atoms with Crippen molar-refractivity contribution in [3.05, 3.63) is 17.0 Å². The SMILES string of the molecule is CCCNCc1ccc(S(=O)(=O)NC2CCCCC2)s1. The van der Waals surface area contributed by atoms with Crippen molar-refractivity contribution in [3.63, 3.8) is 0 Å². The maximum absolute atomic E-state index is 12.3. The predicted octanol–water partition coefficient (Wildman–Crippen LogP) is 2.86. The van der Waals surface area contributed by atoms with E-state index in [0.717, 1.165) is 50.1 Å². The third-order valence-electron chi connectivity index (χ3n) is 3.55. The molecule has 0 aliphatic heterocycles. The second kappa shape index (κ2) is 7.54. The summed E-state index contributed by atoms with van der Waals surface area (Å²) in [6.45, 7) is 3.82. The highest BCUT2D eigenvalue weighted by Gasteiger charge is 2.23. The lowest BCUT2D eigenvalue weighted by Crippen LogP contribution is -2.35. The summed E-state index contributed by atoms with van der Waals surface area (Å²) in [5.74, 6) is 0. The van der Waals surface area contributed by atoms with Crippen LogP contribution in [0.3, 0.4) is 0 Å². The number of nitrogens with one attached hydrogen (secondary N) is 2. The molecule has 0 aromatic carbocycles. The zero-order valence-electron chi connectivity index (χ0n) is 12.0. The van der Waals surface area contributed by atoms with Gasteiger partial charge >= 0.3 is 0 Å². The van der Waals surface area contributed by atoms with Crippen LogP contribution in [-0.2, 0) is 16.6 Å². The Morgan fingerprint density at radius 3 is 2.70 bits per heavy atom. The molecule has 0 atom stereocenters. The van der Waals surface area contributed by atoms with Crippen molar-refractivity contribution in [1.82, 2.24) is 10.0 Å². The fourth-order valence-corrected chi connectivity index (χ4v) is 5.13. The van der Waals surface area contributed by atoms with E-state index in [4.69, 9.17) is 0 Å². The van der Waals surface area contributed by atoms with Gasteiger partial charge in [0, 0.05) is 17.5 Å². The van der Waals surface area contributed by atoms with E-state index in [0.29, 0.717) is 4.21 Å². The molecule has 1 aliphatic carbocycles. The normalized spacial score (nSPS) is 17.4. The van der Waals surface area contributed by atoms with Crippen LogP contribution in [0.25, 0.3) is 0 Å². The maximum atomic E-state index is 12.3. The van der Waals surface area contributed by atoms with E-state index in [1.807, 2.05) is 6.07 Å². The minimum Gasteiger partial charge on any atom is -0.312 e. The summed E-state index contributed by atoms with van der Waals surface area (Å²) in [5.41, 5.74) is 0. The Morgan fingerprint density at radius 2 is 2.00 bits per heavy atom. The van der Waals surface area contributed by atoms with Gasteiger partial charge in [-0.1, -0.05) is 26.2 Å². The molecule has 1 aliphatic rings. The molecule has 20 heavy (non-hydrogen) atoms. The fourth-order valence-electron chi connectivity index (χ4n) is 2.48. The van der Waals surface area contributed by atoms with Crippen molar-refractivity contribution >= 4 is 21.4 Å². The van der Waals surface area contributed by atoms with Crippen molar-refractivity contribution in [2.24, 2.45) is 0 Å². The largest absolute Gasteiger partial charge is 0.312 e. The van der Waals surface area contributed by atoms with Crippen molar-refractivity contribution < 1.29 is 8.42 Å². The van der Waals surface area contributed by atoms with E-state index in [1.54, 1.807) is 6.07 Å². The number of thiophene rings is 1. The van der Waals surface area contributed by atoms with Gasteiger partial charge in [0.25, 0.3) is 0 Å². The van der Waals surface area contributed by atoms with Crippen LogP contribution < -0.4 is 10.0 Å². The predicted molar refractivity (Wildman–Crippen MR) is 83.5 cm³/mol. The van der Waals surface area contributed by atoms with E-state index in [9.17, 15) is 8.42 Å². The van der Waals surface area contributed by atoms with Crippen LogP contribution in [0.1, 0.15) is 50.3 Å². The van der Waals surface area contributed by atoms with Gasteiger partial charge in [0.1, 0.15) is 4.21 Å². The lowest BCUT2D eigenvalue weighted by molar-refractivity contribution is 0.412. The minimum atomic E-state index is -3.33. The Morgan fingerprint density at radius 1 is 1.25 bits per heavy atom. The van der Waals surface area contributed by atoms with Gasteiger partial charge in [0.2, 0.25) is 10.0 Å². The van der Waals surface area contributed by atoms with E-state index in [1.165, 1.54) is 17.8 Å². The molecule has 1 aromatic rings. The second-order valence-electron chi connectivity index (χ2n) is 5.35. The van der Waals surface area contributed by atoms with Gasteiger partial charge in [-0.15, -0.1) is 11.3 Å². The smallest absolute Gasteiger partial charge is 0.250 e. The molecular formula is C14H24N2O2S2. The third-order valence-corrected chi connectivity index (χ3v) is 6.65. The molecule has 1 heterocycles. The van der Waals surface area contributed by atoms with Gasteiger partial charge in [0.15, 0.2) is 0 Å². The Labute approximate surface area is 126 Å². The van der Waals surface area contributed by atoms with Crippen LogP contribution in [0.2, 0.25) is 0 Å². The summed E-state index contributed by atoms with van der Waals surface area (Å²) in [6.07, 6.45) is 6.50. The molecule has 4 nitrogen and oxygen atoms in total. The van der Waals surface area contributed by atoms with Crippen LogP contribution >= 0.6 is 11.3 Å². The first kappa shape index (κ1) is 15.9. The fraction of sp³-hybridized carbons (Fsp3) is 0.714. The Kier molecular flexibility index (Phi) is 6.01. The molecule has 1 saturated carbocycles. The quantitative estimate of drug-likeness (QED) is 0.761. The molecule has 0 saturated heterocycles. The molecule has 0 amide bonds. The average molecular weight is 316 g/mol. The molecule has 1 fully saturated rings. The first-order valence-corrected chi connectivity index (χ1v) is 9.73. The number of rotatable bonds is 7. The Bertz CT molecular complexity index is 505. The zero-order valence-corrected chi connectivity index (χ0v) is 13.7. The lowest BCUT2D eigenvalue weighted by atomic mass is 9.96. The highest BCUT2D eigenvalue weighted by molar-refractivity contribution is 7.91. The molecule has 0 unspecified atom stereocenters. The third kappa shape index (κ3) is 4.55. The first-order chi connectivity index (χ1) is 9.62. The van der Waals surface area contributed by atoms with E-state index in [-0.39, 0.29) is 6.04 Å². The molecule has 0 spiro atoms. The highest BCUT2D eigenvalue weighted by atomic mass is 32.2. The number of hydrogen-bond donors (Lipinski definition) is 2. The van der Waals surface area contributed by atoms with Gasteiger partial charge in [-0.25, -0.2) is 13.1 Å². The summed E-state index contributed by atoms with van der Waals surface area (Å²) < 4.78 is 27.9.